The fourth-order valence-corrected chi connectivity index (χ4v) is 1.46. The lowest BCUT2D eigenvalue weighted by Gasteiger charge is -2.22. The van der Waals surface area contributed by atoms with Crippen LogP contribution >= 0.6 is 0 Å². The van der Waals surface area contributed by atoms with E-state index >= 15 is 0 Å². The minimum absolute atomic E-state index is 0.351. The molecule has 0 fully saturated rings. The number of nitrogens with zero attached hydrogens (tertiary/aromatic N) is 2. The first kappa shape index (κ1) is 12.5. The van der Waals surface area contributed by atoms with E-state index in [4.69, 9.17) is 5.11 Å². The molecule has 0 heterocycles. The van der Waals surface area contributed by atoms with E-state index < -0.39 is 5.97 Å². The number of aromatic carboxylic acids is 1. The third-order valence-corrected chi connectivity index (χ3v) is 2.43. The average Bonchev–Trinajstić information content (AvgIpc) is 2.25. The SMILES string of the molecule is CN(C)CCN(C)c1ccccc1C(=O)O. The lowest BCUT2D eigenvalue weighted by molar-refractivity contribution is 0.0697. The molecular weight excluding hydrogens is 204 g/mol. The van der Waals surface area contributed by atoms with Gasteiger partial charge in [-0.2, -0.15) is 0 Å². The molecule has 0 saturated carbocycles. The van der Waals surface area contributed by atoms with Gasteiger partial charge in [-0.05, 0) is 26.2 Å². The number of rotatable bonds is 5. The van der Waals surface area contributed by atoms with Gasteiger partial charge in [0.2, 0.25) is 0 Å². The van der Waals surface area contributed by atoms with Crippen molar-refractivity contribution >= 4 is 11.7 Å². The molecule has 4 heteroatoms. The summed E-state index contributed by atoms with van der Waals surface area (Å²) in [6.07, 6.45) is 0. The maximum atomic E-state index is 11.0. The number of carboxylic acids is 1. The van der Waals surface area contributed by atoms with Crippen LogP contribution in [-0.2, 0) is 0 Å². The molecule has 0 aromatic heterocycles. The van der Waals surface area contributed by atoms with E-state index in [1.54, 1.807) is 12.1 Å². The Labute approximate surface area is 96.1 Å². The van der Waals surface area contributed by atoms with Crippen molar-refractivity contribution in [2.45, 2.75) is 0 Å². The van der Waals surface area contributed by atoms with Crippen molar-refractivity contribution in [1.82, 2.24) is 4.90 Å². The second kappa shape index (κ2) is 5.51. The molecule has 0 aliphatic heterocycles. The summed E-state index contributed by atoms with van der Waals surface area (Å²) in [6, 6.07) is 7.06. The van der Waals surface area contributed by atoms with Gasteiger partial charge in [0.25, 0.3) is 0 Å². The molecule has 1 N–H and O–H groups in total. The number of anilines is 1. The minimum Gasteiger partial charge on any atom is -0.478 e. The summed E-state index contributed by atoms with van der Waals surface area (Å²) in [4.78, 5) is 15.1. The Bertz CT molecular complexity index is 364. The smallest absolute Gasteiger partial charge is 0.337 e. The molecule has 0 spiro atoms. The molecule has 0 radical (unpaired) electrons. The zero-order valence-corrected chi connectivity index (χ0v) is 9.97. The van der Waals surface area contributed by atoms with E-state index in [1.165, 1.54) is 0 Å². The molecule has 0 bridgehead atoms. The predicted molar refractivity (Wildman–Crippen MR) is 65.2 cm³/mol. The Hall–Kier alpha value is -1.55. The fourth-order valence-electron chi connectivity index (χ4n) is 1.46. The van der Waals surface area contributed by atoms with Crippen molar-refractivity contribution in [3.05, 3.63) is 29.8 Å². The van der Waals surface area contributed by atoms with E-state index in [2.05, 4.69) is 4.90 Å². The molecule has 0 unspecified atom stereocenters. The molecule has 0 aliphatic carbocycles. The number of hydrogen-bond acceptors (Lipinski definition) is 3. The van der Waals surface area contributed by atoms with Crippen LogP contribution in [-0.4, -0.2) is 50.2 Å². The minimum atomic E-state index is -0.882. The second-order valence-corrected chi connectivity index (χ2v) is 4.05. The number of para-hydroxylation sites is 1. The molecule has 0 amide bonds. The lowest BCUT2D eigenvalue weighted by Crippen LogP contribution is -2.29. The Morgan fingerprint density at radius 2 is 1.81 bits per heavy atom. The van der Waals surface area contributed by atoms with Crippen molar-refractivity contribution in [2.24, 2.45) is 0 Å². The van der Waals surface area contributed by atoms with Gasteiger partial charge in [-0.3, -0.25) is 0 Å². The maximum Gasteiger partial charge on any atom is 0.337 e. The largest absolute Gasteiger partial charge is 0.478 e. The monoisotopic (exact) mass is 222 g/mol. The van der Waals surface area contributed by atoms with Gasteiger partial charge in [0.15, 0.2) is 0 Å². The number of carbonyl (C=O) groups is 1. The highest BCUT2D eigenvalue weighted by atomic mass is 16.4. The molecule has 1 rings (SSSR count). The Morgan fingerprint density at radius 3 is 2.38 bits per heavy atom. The predicted octanol–water partition coefficient (Wildman–Crippen LogP) is 1.38. The Kier molecular flexibility index (Phi) is 4.31. The van der Waals surface area contributed by atoms with E-state index in [0.29, 0.717) is 5.56 Å². The molecule has 1 aromatic carbocycles. The Morgan fingerprint density at radius 1 is 1.19 bits per heavy atom. The molecule has 88 valence electrons. The van der Waals surface area contributed by atoms with Crippen LogP contribution in [0.4, 0.5) is 5.69 Å². The van der Waals surface area contributed by atoms with Crippen molar-refractivity contribution in [3.63, 3.8) is 0 Å². The normalized spacial score (nSPS) is 10.5. The molecule has 4 nitrogen and oxygen atoms in total. The summed E-state index contributed by atoms with van der Waals surface area (Å²) in [7, 11) is 5.90. The van der Waals surface area contributed by atoms with E-state index in [0.717, 1.165) is 18.8 Å². The summed E-state index contributed by atoms with van der Waals surface area (Å²) < 4.78 is 0. The van der Waals surface area contributed by atoms with Gasteiger partial charge in [0.1, 0.15) is 0 Å². The summed E-state index contributed by atoms with van der Waals surface area (Å²) >= 11 is 0. The number of carboxylic acid groups (broad SMARTS) is 1. The molecule has 0 aliphatic rings. The molecule has 0 atom stereocenters. The average molecular weight is 222 g/mol. The number of hydrogen-bond donors (Lipinski definition) is 1. The van der Waals surface area contributed by atoms with Crippen LogP contribution in [0.5, 0.6) is 0 Å². The van der Waals surface area contributed by atoms with Crippen LogP contribution in [0.3, 0.4) is 0 Å². The van der Waals surface area contributed by atoms with Crippen LogP contribution in [0.1, 0.15) is 10.4 Å². The standard InChI is InChI=1S/C12H18N2O2/c1-13(2)8-9-14(3)11-7-5-4-6-10(11)12(15)16/h4-7H,8-9H2,1-3H3,(H,15,16). The van der Waals surface area contributed by atoms with Crippen molar-refractivity contribution in [2.75, 3.05) is 39.1 Å². The van der Waals surface area contributed by atoms with E-state index in [1.807, 2.05) is 38.2 Å². The van der Waals surface area contributed by atoms with Crippen molar-refractivity contribution in [1.29, 1.82) is 0 Å². The summed E-state index contributed by atoms with van der Waals surface area (Å²) in [5.74, 6) is -0.882. The third kappa shape index (κ3) is 3.24. The van der Waals surface area contributed by atoms with Gasteiger partial charge >= 0.3 is 5.97 Å². The van der Waals surface area contributed by atoms with Crippen molar-refractivity contribution in [3.8, 4) is 0 Å². The van der Waals surface area contributed by atoms with Crippen molar-refractivity contribution < 1.29 is 9.90 Å². The first-order valence-corrected chi connectivity index (χ1v) is 5.20. The van der Waals surface area contributed by atoms with Gasteiger partial charge in [-0.1, -0.05) is 12.1 Å². The highest BCUT2D eigenvalue weighted by Crippen LogP contribution is 2.18. The number of likely N-dealkylation sites (N-methyl/N-ethyl adjacent to an activating group) is 2. The third-order valence-electron chi connectivity index (χ3n) is 2.43. The van der Waals surface area contributed by atoms with Gasteiger partial charge in [-0.25, -0.2) is 4.79 Å². The van der Waals surface area contributed by atoms with Crippen LogP contribution in [0, 0.1) is 0 Å². The molecule has 0 saturated heterocycles. The van der Waals surface area contributed by atoms with Crippen LogP contribution < -0.4 is 4.90 Å². The topological polar surface area (TPSA) is 43.8 Å². The zero-order valence-electron chi connectivity index (χ0n) is 9.97. The molecular formula is C12H18N2O2. The van der Waals surface area contributed by atoms with Crippen LogP contribution in [0.2, 0.25) is 0 Å². The van der Waals surface area contributed by atoms with Crippen LogP contribution in [0.15, 0.2) is 24.3 Å². The van der Waals surface area contributed by atoms with Gasteiger partial charge in [0.05, 0.1) is 11.3 Å². The Balaban J connectivity index is 2.82. The summed E-state index contributed by atoms with van der Waals surface area (Å²) in [6.45, 7) is 1.70. The quantitative estimate of drug-likeness (QED) is 0.817. The summed E-state index contributed by atoms with van der Waals surface area (Å²) in [5, 5.41) is 9.05. The second-order valence-electron chi connectivity index (χ2n) is 4.05. The van der Waals surface area contributed by atoms with Crippen LogP contribution in [0.25, 0.3) is 0 Å². The highest BCUT2D eigenvalue weighted by Gasteiger charge is 2.12. The highest BCUT2D eigenvalue weighted by molar-refractivity contribution is 5.94. The van der Waals surface area contributed by atoms with E-state index in [9.17, 15) is 4.79 Å². The number of benzene rings is 1. The van der Waals surface area contributed by atoms with Gasteiger partial charge < -0.3 is 14.9 Å². The fraction of sp³-hybridized carbons (Fsp3) is 0.417. The first-order chi connectivity index (χ1) is 7.52. The zero-order chi connectivity index (χ0) is 12.1. The maximum absolute atomic E-state index is 11.0. The molecule has 16 heavy (non-hydrogen) atoms. The summed E-state index contributed by atoms with van der Waals surface area (Å²) in [5.41, 5.74) is 1.11. The lowest BCUT2D eigenvalue weighted by atomic mass is 10.1. The van der Waals surface area contributed by atoms with E-state index in [-0.39, 0.29) is 0 Å². The van der Waals surface area contributed by atoms with Gasteiger partial charge in [0, 0.05) is 20.1 Å². The molecule has 1 aromatic rings. The van der Waals surface area contributed by atoms with Gasteiger partial charge in [-0.15, -0.1) is 0 Å². The first-order valence-electron chi connectivity index (χ1n) is 5.20.